The number of anilines is 1. The molecule has 1 aromatic carbocycles. The smallest absolute Gasteiger partial charge is 0.233 e. The van der Waals surface area contributed by atoms with Crippen molar-refractivity contribution in [2.24, 2.45) is 0 Å². The van der Waals surface area contributed by atoms with E-state index in [9.17, 15) is 0 Å². The number of fused-ring (bicyclic) bond motifs is 2. The number of benzene rings is 1. The fraction of sp³-hybridized carbons (Fsp3) is 0.500. The van der Waals surface area contributed by atoms with E-state index in [1.54, 1.807) is 6.20 Å². The van der Waals surface area contributed by atoms with Gasteiger partial charge in [0.05, 0.1) is 23.3 Å². The first kappa shape index (κ1) is 24.1. The number of nitrogens with zero attached hydrogens (tertiary/aromatic N) is 5. The molecule has 1 saturated heterocycles. The molecule has 37 heavy (non-hydrogen) atoms. The van der Waals surface area contributed by atoms with E-state index >= 15 is 0 Å². The van der Waals surface area contributed by atoms with Crippen LogP contribution in [0.2, 0.25) is 0 Å². The summed E-state index contributed by atoms with van der Waals surface area (Å²) in [7, 11) is 2.15. The van der Waals surface area contributed by atoms with E-state index in [1.165, 1.54) is 0 Å². The lowest BCUT2D eigenvalue weighted by molar-refractivity contribution is 0.0346. The molecular formula is C28H35N7O2. The summed E-state index contributed by atoms with van der Waals surface area (Å²) >= 11 is 0. The molecule has 0 bridgehead atoms. The zero-order valence-corrected chi connectivity index (χ0v) is 21.6. The second kappa shape index (κ2) is 10.6. The quantitative estimate of drug-likeness (QED) is 0.372. The summed E-state index contributed by atoms with van der Waals surface area (Å²) in [6.45, 7) is 4.94. The van der Waals surface area contributed by atoms with Gasteiger partial charge < -0.3 is 24.7 Å². The number of aromatic amines is 1. The van der Waals surface area contributed by atoms with Crippen LogP contribution in [0.4, 0.5) is 5.95 Å². The maximum absolute atomic E-state index is 6.17. The fourth-order valence-electron chi connectivity index (χ4n) is 5.50. The second-order valence-electron chi connectivity index (χ2n) is 10.3. The van der Waals surface area contributed by atoms with Gasteiger partial charge in [0.15, 0.2) is 0 Å². The summed E-state index contributed by atoms with van der Waals surface area (Å²) in [6, 6.07) is 6.52. The Hall–Kier alpha value is -3.30. The van der Waals surface area contributed by atoms with Crippen molar-refractivity contribution < 1.29 is 9.47 Å². The predicted molar refractivity (Wildman–Crippen MR) is 145 cm³/mol. The van der Waals surface area contributed by atoms with Crippen molar-refractivity contribution in [3.05, 3.63) is 36.8 Å². The highest BCUT2D eigenvalue weighted by Crippen LogP contribution is 2.31. The second-order valence-corrected chi connectivity index (χ2v) is 10.3. The van der Waals surface area contributed by atoms with Crippen LogP contribution in [0.3, 0.4) is 0 Å². The largest absolute Gasteiger partial charge is 0.473 e. The average molecular weight is 502 g/mol. The van der Waals surface area contributed by atoms with Crippen molar-refractivity contribution in [3.63, 3.8) is 0 Å². The lowest BCUT2D eigenvalue weighted by Crippen LogP contribution is -2.35. The molecule has 0 radical (unpaired) electrons. The standard InChI is InChI=1S/C28H35N7O2/c1-3-36-20-7-5-19(6-8-20)32-28-31-16-23-22(15-30-27(23)34-28)18-4-9-24-25(14-18)33-26(17-29-24)37-21-10-12-35(2)13-11-21/h4,9,14-17,19-21H,3,5-8,10-13H2,1-2H3,(H2,30,31,32,34)/t19-,20+. The van der Waals surface area contributed by atoms with Gasteiger partial charge in [0.2, 0.25) is 11.8 Å². The van der Waals surface area contributed by atoms with Gasteiger partial charge in [-0.3, -0.25) is 0 Å². The average Bonchev–Trinajstić information content (AvgIpc) is 3.34. The monoisotopic (exact) mass is 501 g/mol. The Kier molecular flexibility index (Phi) is 6.89. The van der Waals surface area contributed by atoms with Gasteiger partial charge in [-0.15, -0.1) is 0 Å². The van der Waals surface area contributed by atoms with Crippen LogP contribution in [0.1, 0.15) is 45.4 Å². The van der Waals surface area contributed by atoms with E-state index in [4.69, 9.17) is 19.4 Å². The minimum Gasteiger partial charge on any atom is -0.473 e. The first-order chi connectivity index (χ1) is 18.1. The molecule has 1 aliphatic heterocycles. The van der Waals surface area contributed by atoms with Crippen LogP contribution < -0.4 is 10.1 Å². The summed E-state index contributed by atoms with van der Waals surface area (Å²) in [5.74, 6) is 1.26. The molecular weight excluding hydrogens is 466 g/mol. The number of likely N-dealkylation sites (tertiary alicyclic amines) is 1. The van der Waals surface area contributed by atoms with Crippen LogP contribution in [-0.4, -0.2) is 74.8 Å². The first-order valence-electron chi connectivity index (χ1n) is 13.5. The normalized spacial score (nSPS) is 21.5. The number of aromatic nitrogens is 5. The molecule has 9 nitrogen and oxygen atoms in total. The zero-order chi connectivity index (χ0) is 25.2. The highest BCUT2D eigenvalue weighted by atomic mass is 16.5. The summed E-state index contributed by atoms with van der Waals surface area (Å²) in [5, 5.41) is 4.50. The predicted octanol–water partition coefficient (Wildman–Crippen LogP) is 4.80. The molecule has 0 atom stereocenters. The van der Waals surface area contributed by atoms with Crippen molar-refractivity contribution >= 4 is 28.0 Å². The zero-order valence-electron chi connectivity index (χ0n) is 21.6. The van der Waals surface area contributed by atoms with Crippen LogP contribution in [0.15, 0.2) is 36.8 Å². The van der Waals surface area contributed by atoms with Crippen LogP contribution in [-0.2, 0) is 4.74 Å². The Morgan fingerprint density at radius 2 is 1.81 bits per heavy atom. The third-order valence-corrected chi connectivity index (χ3v) is 7.63. The summed E-state index contributed by atoms with van der Waals surface area (Å²) in [5.41, 5.74) is 4.58. The SMILES string of the molecule is CCO[C@H]1CC[C@@H](Nc2ncc3c(-c4ccc5ncc(OC6CCN(C)CC6)nc5c4)c[nH]c3n2)CC1. The maximum Gasteiger partial charge on any atom is 0.233 e. The number of H-pyrrole nitrogens is 1. The minimum absolute atomic E-state index is 0.194. The molecule has 1 aliphatic carbocycles. The first-order valence-corrected chi connectivity index (χ1v) is 13.5. The summed E-state index contributed by atoms with van der Waals surface area (Å²) in [6.07, 6.45) is 12.5. The lowest BCUT2D eigenvalue weighted by atomic mass is 9.93. The Morgan fingerprint density at radius 3 is 2.62 bits per heavy atom. The van der Waals surface area contributed by atoms with Crippen molar-refractivity contribution in [1.82, 2.24) is 29.8 Å². The minimum atomic E-state index is 0.194. The van der Waals surface area contributed by atoms with Gasteiger partial charge in [-0.25, -0.2) is 15.0 Å². The van der Waals surface area contributed by atoms with Crippen LogP contribution in [0, 0.1) is 0 Å². The van der Waals surface area contributed by atoms with Gasteiger partial charge in [-0.1, -0.05) is 6.07 Å². The Bertz CT molecular complexity index is 1360. The van der Waals surface area contributed by atoms with E-state index in [-0.39, 0.29) is 6.10 Å². The lowest BCUT2D eigenvalue weighted by Gasteiger charge is -2.28. The molecule has 6 rings (SSSR count). The fourth-order valence-corrected chi connectivity index (χ4v) is 5.50. The van der Waals surface area contributed by atoms with Crippen molar-refractivity contribution in [3.8, 4) is 17.0 Å². The molecule has 9 heteroatoms. The van der Waals surface area contributed by atoms with E-state index < -0.39 is 0 Å². The Balaban J connectivity index is 1.18. The highest BCUT2D eigenvalue weighted by Gasteiger charge is 2.22. The number of hydrogen-bond acceptors (Lipinski definition) is 8. The molecule has 0 amide bonds. The number of piperidine rings is 1. The van der Waals surface area contributed by atoms with Crippen molar-refractivity contribution in [2.75, 3.05) is 32.1 Å². The van der Waals surface area contributed by atoms with Gasteiger partial charge in [0, 0.05) is 49.1 Å². The molecule has 3 aromatic heterocycles. The van der Waals surface area contributed by atoms with Crippen molar-refractivity contribution in [1.29, 1.82) is 0 Å². The van der Waals surface area contributed by atoms with E-state index in [2.05, 4.69) is 51.3 Å². The molecule has 4 aromatic rings. The molecule has 1 saturated carbocycles. The molecule has 2 N–H and O–H groups in total. The van der Waals surface area contributed by atoms with Gasteiger partial charge >= 0.3 is 0 Å². The Labute approximate surface area is 217 Å². The molecule has 0 spiro atoms. The molecule has 0 unspecified atom stereocenters. The van der Waals surface area contributed by atoms with E-state index in [0.717, 1.165) is 91.4 Å². The molecule has 2 fully saturated rings. The van der Waals surface area contributed by atoms with Gasteiger partial charge in [0.1, 0.15) is 11.8 Å². The van der Waals surface area contributed by atoms with E-state index in [0.29, 0.717) is 24.0 Å². The van der Waals surface area contributed by atoms with Crippen LogP contribution in [0.5, 0.6) is 5.88 Å². The third kappa shape index (κ3) is 5.38. The van der Waals surface area contributed by atoms with Crippen molar-refractivity contribution in [2.45, 2.75) is 63.7 Å². The van der Waals surface area contributed by atoms with Gasteiger partial charge in [0.25, 0.3) is 0 Å². The van der Waals surface area contributed by atoms with Crippen LogP contribution in [0.25, 0.3) is 33.2 Å². The summed E-state index contributed by atoms with van der Waals surface area (Å²) < 4.78 is 11.9. The summed E-state index contributed by atoms with van der Waals surface area (Å²) in [4.78, 5) is 24.4. The van der Waals surface area contributed by atoms with E-state index in [1.807, 2.05) is 18.5 Å². The number of ether oxygens (including phenoxy) is 2. The number of hydrogen-bond donors (Lipinski definition) is 2. The number of nitrogens with one attached hydrogen (secondary N) is 2. The van der Waals surface area contributed by atoms with Crippen LogP contribution >= 0.6 is 0 Å². The number of rotatable bonds is 7. The van der Waals surface area contributed by atoms with Gasteiger partial charge in [-0.05, 0) is 70.2 Å². The third-order valence-electron chi connectivity index (χ3n) is 7.63. The maximum atomic E-state index is 6.17. The van der Waals surface area contributed by atoms with Gasteiger partial charge in [-0.2, -0.15) is 4.98 Å². The topological polar surface area (TPSA) is 101 Å². The Morgan fingerprint density at radius 1 is 0.973 bits per heavy atom. The highest BCUT2D eigenvalue weighted by molar-refractivity contribution is 5.95. The molecule has 4 heterocycles. The molecule has 2 aliphatic rings. The molecule has 194 valence electrons.